The highest BCUT2D eigenvalue weighted by molar-refractivity contribution is 6.31. The number of rotatable bonds is 5. The monoisotopic (exact) mass is 315 g/mol. The fourth-order valence-corrected chi connectivity index (χ4v) is 2.41. The topological polar surface area (TPSA) is 56.7 Å². The Bertz CT molecular complexity index is 491. The number of methoxy groups -OCH3 is 2. The first-order chi connectivity index (χ1) is 9.96. The van der Waals surface area contributed by atoms with Crippen molar-refractivity contribution in [3.63, 3.8) is 0 Å². The number of anilines is 1. The van der Waals surface area contributed by atoms with E-state index in [4.69, 9.17) is 25.8 Å². The van der Waals surface area contributed by atoms with Crippen molar-refractivity contribution in [1.29, 1.82) is 0 Å². The van der Waals surface area contributed by atoms with Gasteiger partial charge in [-0.25, -0.2) is 9.97 Å². The SMILES string of the molecule is COc1c(Cl)nc(CC(C)(C)OC)nc1N1CCOCC1. The predicted octanol–water partition coefficient (Wildman–Crippen LogP) is 1.94. The molecule has 7 heteroatoms. The molecular weight excluding hydrogens is 294 g/mol. The lowest BCUT2D eigenvalue weighted by atomic mass is 10.1. The molecule has 21 heavy (non-hydrogen) atoms. The van der Waals surface area contributed by atoms with Gasteiger partial charge >= 0.3 is 0 Å². The molecule has 1 aliphatic heterocycles. The zero-order chi connectivity index (χ0) is 15.5. The molecule has 1 aliphatic rings. The van der Waals surface area contributed by atoms with Crippen molar-refractivity contribution in [1.82, 2.24) is 9.97 Å². The number of morpholine rings is 1. The van der Waals surface area contributed by atoms with Crippen LogP contribution < -0.4 is 9.64 Å². The summed E-state index contributed by atoms with van der Waals surface area (Å²) in [7, 11) is 3.25. The maximum absolute atomic E-state index is 6.25. The largest absolute Gasteiger partial charge is 0.490 e. The molecule has 1 aromatic rings. The molecule has 0 amide bonds. The standard InChI is InChI=1S/C14H22ClN3O3/c1-14(2,20-4)9-10-16-12(15)11(19-3)13(17-10)18-5-7-21-8-6-18/h5-9H2,1-4H3. The van der Waals surface area contributed by atoms with Gasteiger partial charge in [0, 0.05) is 26.6 Å². The number of ether oxygens (including phenoxy) is 3. The molecule has 6 nitrogen and oxygen atoms in total. The highest BCUT2D eigenvalue weighted by Gasteiger charge is 2.25. The van der Waals surface area contributed by atoms with E-state index in [1.54, 1.807) is 14.2 Å². The van der Waals surface area contributed by atoms with E-state index >= 15 is 0 Å². The third kappa shape index (κ3) is 3.96. The smallest absolute Gasteiger partial charge is 0.199 e. The van der Waals surface area contributed by atoms with Gasteiger partial charge in [0.15, 0.2) is 16.7 Å². The fourth-order valence-electron chi connectivity index (χ4n) is 2.15. The molecule has 2 rings (SSSR count). The van der Waals surface area contributed by atoms with Crippen LogP contribution in [0.15, 0.2) is 0 Å². The summed E-state index contributed by atoms with van der Waals surface area (Å²) in [4.78, 5) is 11.1. The highest BCUT2D eigenvalue weighted by Crippen LogP contribution is 2.33. The Hall–Kier alpha value is -1.11. The summed E-state index contributed by atoms with van der Waals surface area (Å²) in [6.07, 6.45) is 0.574. The quantitative estimate of drug-likeness (QED) is 0.774. The average Bonchev–Trinajstić information content (AvgIpc) is 2.47. The molecule has 118 valence electrons. The Morgan fingerprint density at radius 1 is 1.24 bits per heavy atom. The fraction of sp³-hybridized carbons (Fsp3) is 0.714. The van der Waals surface area contributed by atoms with Crippen molar-refractivity contribution in [3.05, 3.63) is 11.0 Å². The highest BCUT2D eigenvalue weighted by atomic mass is 35.5. The molecular formula is C14H22ClN3O3. The van der Waals surface area contributed by atoms with E-state index in [0.29, 0.717) is 36.4 Å². The van der Waals surface area contributed by atoms with E-state index in [0.717, 1.165) is 18.9 Å². The molecule has 1 fully saturated rings. The van der Waals surface area contributed by atoms with Crippen LogP contribution in [0, 0.1) is 0 Å². The van der Waals surface area contributed by atoms with E-state index in [9.17, 15) is 0 Å². The molecule has 0 bridgehead atoms. The minimum atomic E-state index is -0.347. The van der Waals surface area contributed by atoms with Crippen LogP contribution in [0.25, 0.3) is 0 Å². The summed E-state index contributed by atoms with van der Waals surface area (Å²) in [6, 6.07) is 0. The van der Waals surface area contributed by atoms with Gasteiger partial charge in [-0.1, -0.05) is 11.6 Å². The van der Waals surface area contributed by atoms with Crippen molar-refractivity contribution in [2.24, 2.45) is 0 Å². The first-order valence-electron chi connectivity index (χ1n) is 6.95. The Balaban J connectivity index is 2.34. The van der Waals surface area contributed by atoms with Gasteiger partial charge in [0.2, 0.25) is 0 Å². The number of nitrogens with zero attached hydrogens (tertiary/aromatic N) is 3. The Morgan fingerprint density at radius 2 is 1.90 bits per heavy atom. The van der Waals surface area contributed by atoms with E-state index in [2.05, 4.69) is 14.9 Å². The summed E-state index contributed by atoms with van der Waals surface area (Å²) in [5, 5.41) is 0.330. The summed E-state index contributed by atoms with van der Waals surface area (Å²) in [5.74, 6) is 1.88. The number of hydrogen-bond donors (Lipinski definition) is 0. The molecule has 1 saturated heterocycles. The Kier molecular flexibility index (Phi) is 5.24. The van der Waals surface area contributed by atoms with Crippen molar-refractivity contribution >= 4 is 17.4 Å². The zero-order valence-electron chi connectivity index (χ0n) is 13.0. The zero-order valence-corrected chi connectivity index (χ0v) is 13.7. The first-order valence-corrected chi connectivity index (χ1v) is 7.33. The summed E-state index contributed by atoms with van der Waals surface area (Å²) in [5.41, 5.74) is -0.347. The van der Waals surface area contributed by atoms with Crippen LogP contribution >= 0.6 is 11.6 Å². The molecule has 0 radical (unpaired) electrons. The van der Waals surface area contributed by atoms with Crippen molar-refractivity contribution < 1.29 is 14.2 Å². The van der Waals surface area contributed by atoms with E-state index in [-0.39, 0.29) is 5.60 Å². The van der Waals surface area contributed by atoms with Crippen molar-refractivity contribution in [2.45, 2.75) is 25.9 Å². The third-order valence-electron chi connectivity index (χ3n) is 3.50. The molecule has 0 N–H and O–H groups in total. The minimum Gasteiger partial charge on any atom is -0.490 e. The minimum absolute atomic E-state index is 0.330. The van der Waals surface area contributed by atoms with Gasteiger partial charge in [-0.15, -0.1) is 0 Å². The lowest BCUT2D eigenvalue weighted by Gasteiger charge is -2.30. The summed E-state index contributed by atoms with van der Waals surface area (Å²) < 4.78 is 16.2. The lowest BCUT2D eigenvalue weighted by Crippen LogP contribution is -2.37. The van der Waals surface area contributed by atoms with Gasteiger partial charge in [-0.05, 0) is 13.8 Å². The van der Waals surface area contributed by atoms with Gasteiger partial charge < -0.3 is 19.1 Å². The second-order valence-electron chi connectivity index (χ2n) is 5.53. The van der Waals surface area contributed by atoms with Crippen LogP contribution in [0.1, 0.15) is 19.7 Å². The van der Waals surface area contributed by atoms with Crippen LogP contribution in [0.5, 0.6) is 5.75 Å². The second-order valence-corrected chi connectivity index (χ2v) is 5.89. The van der Waals surface area contributed by atoms with E-state index in [1.165, 1.54) is 0 Å². The number of halogens is 1. The maximum Gasteiger partial charge on any atom is 0.199 e. The van der Waals surface area contributed by atoms with Crippen LogP contribution in [0.3, 0.4) is 0 Å². The lowest BCUT2D eigenvalue weighted by molar-refractivity contribution is 0.0215. The predicted molar refractivity (Wildman–Crippen MR) is 81.4 cm³/mol. The van der Waals surface area contributed by atoms with Gasteiger partial charge in [0.25, 0.3) is 0 Å². The average molecular weight is 316 g/mol. The van der Waals surface area contributed by atoms with Gasteiger partial charge in [-0.3, -0.25) is 0 Å². The maximum atomic E-state index is 6.25. The third-order valence-corrected chi connectivity index (χ3v) is 3.76. The van der Waals surface area contributed by atoms with Crippen molar-refractivity contribution in [3.8, 4) is 5.75 Å². The molecule has 1 aromatic heterocycles. The van der Waals surface area contributed by atoms with Crippen LogP contribution in [-0.2, 0) is 15.9 Å². The number of aromatic nitrogens is 2. The molecule has 0 aliphatic carbocycles. The molecule has 0 atom stereocenters. The molecule has 0 spiro atoms. The van der Waals surface area contributed by atoms with Gasteiger partial charge in [0.1, 0.15) is 5.82 Å². The van der Waals surface area contributed by atoms with Gasteiger partial charge in [0.05, 0.1) is 25.9 Å². The number of hydrogen-bond acceptors (Lipinski definition) is 6. The van der Waals surface area contributed by atoms with Crippen LogP contribution in [-0.4, -0.2) is 56.1 Å². The van der Waals surface area contributed by atoms with E-state index < -0.39 is 0 Å². The summed E-state index contributed by atoms with van der Waals surface area (Å²) >= 11 is 6.25. The molecule has 0 unspecified atom stereocenters. The molecule has 0 saturated carbocycles. The van der Waals surface area contributed by atoms with Crippen LogP contribution in [0.4, 0.5) is 5.82 Å². The van der Waals surface area contributed by atoms with E-state index in [1.807, 2.05) is 13.8 Å². The Morgan fingerprint density at radius 3 is 2.48 bits per heavy atom. The molecule has 0 aromatic carbocycles. The first kappa shape index (κ1) is 16.3. The van der Waals surface area contributed by atoms with Crippen LogP contribution in [0.2, 0.25) is 5.15 Å². The summed E-state index contributed by atoms with van der Waals surface area (Å²) in [6.45, 7) is 6.84. The Labute approximate surface area is 130 Å². The van der Waals surface area contributed by atoms with Gasteiger partial charge in [-0.2, -0.15) is 0 Å². The van der Waals surface area contributed by atoms with Crippen molar-refractivity contribution in [2.75, 3.05) is 45.4 Å². The molecule has 2 heterocycles. The second kappa shape index (κ2) is 6.77. The normalized spacial score (nSPS) is 16.1.